The first-order valence-corrected chi connectivity index (χ1v) is 10.1. The van der Waals surface area contributed by atoms with Crippen molar-refractivity contribution in [3.05, 3.63) is 29.8 Å². The van der Waals surface area contributed by atoms with Crippen LogP contribution < -0.4 is 15.4 Å². The minimum atomic E-state index is -0.333. The summed E-state index contributed by atoms with van der Waals surface area (Å²) in [6.07, 6.45) is 7.08. The highest BCUT2D eigenvalue weighted by atomic mass is 16.6. The van der Waals surface area contributed by atoms with Crippen LogP contribution >= 0.6 is 0 Å². The second-order valence-electron chi connectivity index (χ2n) is 8.21. The van der Waals surface area contributed by atoms with Crippen LogP contribution in [-0.4, -0.2) is 50.9 Å². The lowest BCUT2D eigenvalue weighted by molar-refractivity contribution is -0.115. The molecule has 2 aliphatic rings. The Kier molecular flexibility index (Phi) is 5.56. The molecule has 10 nitrogen and oxygen atoms in total. The summed E-state index contributed by atoms with van der Waals surface area (Å²) < 4.78 is 10.5. The molecule has 2 aromatic rings. The molecule has 2 heterocycles. The third kappa shape index (κ3) is 5.05. The van der Waals surface area contributed by atoms with Crippen molar-refractivity contribution >= 4 is 17.8 Å². The molecule has 4 rings (SSSR count). The van der Waals surface area contributed by atoms with Crippen LogP contribution in [0.3, 0.4) is 0 Å². The molecule has 2 aliphatic carbocycles. The SMILES string of the molecule is COc1cnc(CC(=O)Nc2cc([C@H]3CC[C@@H](OC(=O)NC4(C)CC4)C3)[nH]n2)cn1. The summed E-state index contributed by atoms with van der Waals surface area (Å²) in [5.74, 6) is 0.838. The topological polar surface area (TPSA) is 131 Å². The van der Waals surface area contributed by atoms with Gasteiger partial charge in [-0.1, -0.05) is 0 Å². The van der Waals surface area contributed by atoms with E-state index in [9.17, 15) is 9.59 Å². The molecule has 0 bridgehead atoms. The third-order valence-electron chi connectivity index (χ3n) is 5.60. The van der Waals surface area contributed by atoms with E-state index in [4.69, 9.17) is 9.47 Å². The van der Waals surface area contributed by atoms with Crippen molar-refractivity contribution in [2.75, 3.05) is 12.4 Å². The van der Waals surface area contributed by atoms with Crippen LogP contribution in [0.5, 0.6) is 5.88 Å². The molecule has 0 aliphatic heterocycles. The van der Waals surface area contributed by atoms with Crippen molar-refractivity contribution in [2.45, 2.75) is 63.0 Å². The third-order valence-corrected chi connectivity index (χ3v) is 5.60. The van der Waals surface area contributed by atoms with Crippen molar-refractivity contribution in [3.8, 4) is 5.88 Å². The van der Waals surface area contributed by atoms with Crippen LogP contribution in [0.25, 0.3) is 0 Å². The van der Waals surface area contributed by atoms with Gasteiger partial charge in [-0.05, 0) is 39.0 Å². The summed E-state index contributed by atoms with van der Waals surface area (Å²) in [5.41, 5.74) is 1.39. The van der Waals surface area contributed by atoms with Gasteiger partial charge in [0.15, 0.2) is 5.82 Å². The maximum Gasteiger partial charge on any atom is 0.407 e. The highest BCUT2D eigenvalue weighted by Crippen LogP contribution is 2.37. The second-order valence-corrected chi connectivity index (χ2v) is 8.21. The van der Waals surface area contributed by atoms with Gasteiger partial charge in [-0.2, -0.15) is 5.10 Å². The number of hydrogen-bond acceptors (Lipinski definition) is 7. The lowest BCUT2D eigenvalue weighted by atomic mass is 10.0. The first kappa shape index (κ1) is 20.1. The Morgan fingerprint density at radius 1 is 1.27 bits per heavy atom. The zero-order valence-electron chi connectivity index (χ0n) is 17.1. The average molecular weight is 414 g/mol. The zero-order valence-corrected chi connectivity index (χ0v) is 17.1. The molecule has 0 spiro atoms. The summed E-state index contributed by atoms with van der Waals surface area (Å²) in [5, 5.41) is 12.8. The smallest absolute Gasteiger partial charge is 0.407 e. The number of ether oxygens (including phenoxy) is 2. The van der Waals surface area contributed by atoms with Crippen LogP contribution in [0, 0.1) is 0 Å². The molecule has 30 heavy (non-hydrogen) atoms. The fourth-order valence-corrected chi connectivity index (χ4v) is 3.57. The molecule has 0 radical (unpaired) electrons. The highest BCUT2D eigenvalue weighted by molar-refractivity contribution is 5.91. The molecule has 2 aromatic heterocycles. The van der Waals surface area contributed by atoms with Gasteiger partial charge in [-0.3, -0.25) is 14.9 Å². The van der Waals surface area contributed by atoms with Gasteiger partial charge in [0, 0.05) is 23.2 Å². The number of amides is 2. The number of anilines is 1. The van der Waals surface area contributed by atoms with Crippen molar-refractivity contribution in [3.63, 3.8) is 0 Å². The molecule has 2 atom stereocenters. The van der Waals surface area contributed by atoms with Gasteiger partial charge in [0.2, 0.25) is 11.8 Å². The van der Waals surface area contributed by atoms with Gasteiger partial charge < -0.3 is 20.1 Å². The monoisotopic (exact) mass is 414 g/mol. The van der Waals surface area contributed by atoms with Gasteiger partial charge in [-0.15, -0.1) is 0 Å². The van der Waals surface area contributed by atoms with Crippen LogP contribution in [0.15, 0.2) is 18.5 Å². The molecule has 0 aromatic carbocycles. The number of H-pyrrole nitrogens is 1. The van der Waals surface area contributed by atoms with Crippen LogP contribution in [0.1, 0.15) is 56.3 Å². The van der Waals surface area contributed by atoms with Crippen LogP contribution in [0.4, 0.5) is 10.6 Å². The molecular weight excluding hydrogens is 388 g/mol. The number of hydrogen-bond donors (Lipinski definition) is 3. The van der Waals surface area contributed by atoms with Crippen molar-refractivity contribution in [1.82, 2.24) is 25.5 Å². The van der Waals surface area contributed by atoms with Gasteiger partial charge in [0.1, 0.15) is 6.10 Å². The number of nitrogens with zero attached hydrogens (tertiary/aromatic N) is 3. The quantitative estimate of drug-likeness (QED) is 0.633. The number of aromatic nitrogens is 4. The minimum Gasteiger partial charge on any atom is -0.480 e. The van der Waals surface area contributed by atoms with Crippen molar-refractivity contribution < 1.29 is 19.1 Å². The number of carbonyl (C=O) groups is 2. The predicted molar refractivity (Wildman–Crippen MR) is 107 cm³/mol. The van der Waals surface area contributed by atoms with Gasteiger partial charge in [0.25, 0.3) is 0 Å². The Bertz CT molecular complexity index is 908. The largest absolute Gasteiger partial charge is 0.480 e. The fraction of sp³-hybridized carbons (Fsp3) is 0.550. The summed E-state index contributed by atoms with van der Waals surface area (Å²) >= 11 is 0. The normalized spacial score (nSPS) is 21.7. The van der Waals surface area contributed by atoms with E-state index < -0.39 is 0 Å². The minimum absolute atomic E-state index is 0.0804. The number of methoxy groups -OCH3 is 1. The van der Waals surface area contributed by atoms with Crippen LogP contribution in [0.2, 0.25) is 0 Å². The molecule has 2 saturated carbocycles. The molecule has 3 N–H and O–H groups in total. The van der Waals surface area contributed by atoms with Crippen molar-refractivity contribution in [2.24, 2.45) is 0 Å². The molecule has 2 amide bonds. The van der Waals surface area contributed by atoms with Gasteiger partial charge in [0.05, 0.1) is 31.6 Å². The molecule has 10 heteroatoms. The van der Waals surface area contributed by atoms with E-state index in [1.807, 2.05) is 13.0 Å². The Hall–Kier alpha value is -3.17. The maximum absolute atomic E-state index is 12.2. The number of alkyl carbamates (subject to hydrolysis) is 1. The predicted octanol–water partition coefficient (Wildman–Crippen LogP) is 2.30. The van der Waals surface area contributed by atoms with Crippen molar-refractivity contribution in [1.29, 1.82) is 0 Å². The first-order chi connectivity index (χ1) is 14.4. The molecule has 0 saturated heterocycles. The summed E-state index contributed by atoms with van der Waals surface area (Å²) in [4.78, 5) is 32.4. The number of nitrogens with one attached hydrogen (secondary N) is 3. The summed E-state index contributed by atoms with van der Waals surface area (Å²) in [6, 6.07) is 1.83. The van der Waals surface area contributed by atoms with E-state index in [-0.39, 0.29) is 36.0 Å². The Morgan fingerprint density at radius 3 is 2.80 bits per heavy atom. The van der Waals surface area contributed by atoms with E-state index >= 15 is 0 Å². The Labute approximate surface area is 174 Å². The summed E-state index contributed by atoms with van der Waals surface area (Å²) in [6.45, 7) is 2.02. The number of aromatic amines is 1. The van der Waals surface area contributed by atoms with Gasteiger partial charge >= 0.3 is 6.09 Å². The van der Waals surface area contributed by atoms with Crippen LogP contribution in [-0.2, 0) is 16.0 Å². The molecule has 2 fully saturated rings. The molecule has 0 unspecified atom stereocenters. The number of rotatable bonds is 7. The first-order valence-electron chi connectivity index (χ1n) is 10.1. The molecular formula is C20H26N6O4. The fourth-order valence-electron chi connectivity index (χ4n) is 3.57. The Balaban J connectivity index is 1.25. The second kappa shape index (κ2) is 8.29. The summed E-state index contributed by atoms with van der Waals surface area (Å²) in [7, 11) is 1.51. The van der Waals surface area contributed by atoms with E-state index in [1.54, 1.807) is 0 Å². The standard InChI is InChI=1S/C20H26N6O4/c1-20(5-6-20)24-19(28)30-14-4-3-12(7-14)15-9-16(26-25-15)23-17(27)8-13-10-22-18(29-2)11-21-13/h9-12,14H,3-8H2,1-2H3,(H,24,28)(H2,23,25,26,27)/t12-,14+/m0/s1. The highest BCUT2D eigenvalue weighted by Gasteiger charge is 2.40. The van der Waals surface area contributed by atoms with E-state index in [0.29, 0.717) is 17.4 Å². The average Bonchev–Trinajstić information content (AvgIpc) is 3.09. The number of carbonyl (C=O) groups excluding carboxylic acids is 2. The molecule has 160 valence electrons. The van der Waals surface area contributed by atoms with Gasteiger partial charge in [-0.25, -0.2) is 9.78 Å². The lowest BCUT2D eigenvalue weighted by Crippen LogP contribution is -2.36. The lowest BCUT2D eigenvalue weighted by Gasteiger charge is -2.16. The Morgan fingerprint density at radius 2 is 2.10 bits per heavy atom. The maximum atomic E-state index is 12.2. The van der Waals surface area contributed by atoms with E-state index in [1.165, 1.54) is 19.5 Å². The van der Waals surface area contributed by atoms with E-state index in [2.05, 4.69) is 30.8 Å². The van der Waals surface area contributed by atoms with E-state index in [0.717, 1.165) is 37.8 Å². The zero-order chi connectivity index (χ0) is 21.1.